The minimum Gasteiger partial charge on any atom is -0.314 e. The Labute approximate surface area is 123 Å². The number of hydrogen-bond donors (Lipinski definition) is 2. The van der Waals surface area contributed by atoms with Gasteiger partial charge in [-0.05, 0) is 12.1 Å². The largest absolute Gasteiger partial charge is 0.314 e. The van der Waals surface area contributed by atoms with Crippen LogP contribution in [0.25, 0.3) is 5.69 Å². The summed E-state index contributed by atoms with van der Waals surface area (Å²) in [6, 6.07) is 7.08. The van der Waals surface area contributed by atoms with Gasteiger partial charge in [-0.2, -0.15) is 17.8 Å². The van der Waals surface area contributed by atoms with Crippen LogP contribution in [-0.2, 0) is 10.2 Å². The molecule has 0 aliphatic carbocycles. The van der Waals surface area contributed by atoms with Crippen molar-refractivity contribution in [2.24, 2.45) is 0 Å². The Bertz CT molecular complexity index is 694. The molecule has 3 rings (SSSR count). The van der Waals surface area contributed by atoms with Crippen LogP contribution < -0.4 is 10.0 Å². The summed E-state index contributed by atoms with van der Waals surface area (Å²) in [5, 5.41) is 7.16. The van der Waals surface area contributed by atoms with Crippen LogP contribution in [0.4, 0.5) is 5.69 Å². The Morgan fingerprint density at radius 3 is 2.67 bits per heavy atom. The van der Waals surface area contributed by atoms with Gasteiger partial charge in [0, 0.05) is 26.2 Å². The number of para-hydroxylation sites is 2. The van der Waals surface area contributed by atoms with E-state index in [-0.39, 0.29) is 0 Å². The minimum atomic E-state index is -3.57. The molecule has 21 heavy (non-hydrogen) atoms. The lowest BCUT2D eigenvalue weighted by atomic mass is 10.3. The predicted octanol–water partition coefficient (Wildman–Crippen LogP) is -0.171. The highest BCUT2D eigenvalue weighted by atomic mass is 32.2. The molecule has 112 valence electrons. The second-order valence-electron chi connectivity index (χ2n) is 4.61. The second-order valence-corrected chi connectivity index (χ2v) is 6.28. The number of aromatic nitrogens is 3. The summed E-state index contributed by atoms with van der Waals surface area (Å²) in [5.74, 6) is 0. The average molecular weight is 308 g/mol. The third kappa shape index (κ3) is 3.04. The molecule has 0 radical (unpaired) electrons. The molecular formula is C12H16N6O2S. The molecule has 1 aliphatic heterocycles. The summed E-state index contributed by atoms with van der Waals surface area (Å²) in [7, 11) is -3.57. The first-order valence-corrected chi connectivity index (χ1v) is 8.03. The van der Waals surface area contributed by atoms with Crippen LogP contribution in [-0.4, -0.2) is 53.7 Å². The van der Waals surface area contributed by atoms with E-state index in [1.54, 1.807) is 18.2 Å². The Morgan fingerprint density at radius 2 is 1.95 bits per heavy atom. The van der Waals surface area contributed by atoms with Gasteiger partial charge in [-0.15, -0.1) is 0 Å². The lowest BCUT2D eigenvalue weighted by molar-refractivity contribution is 0.362. The Hall–Kier alpha value is -1.97. The molecule has 2 aromatic rings. The first-order chi connectivity index (χ1) is 10.2. The van der Waals surface area contributed by atoms with Gasteiger partial charge in [0.25, 0.3) is 0 Å². The zero-order valence-electron chi connectivity index (χ0n) is 11.3. The quantitative estimate of drug-likeness (QED) is 0.818. The topological polar surface area (TPSA) is 92.1 Å². The number of nitrogens with zero attached hydrogens (tertiary/aromatic N) is 4. The summed E-state index contributed by atoms with van der Waals surface area (Å²) < 4.78 is 30.4. The van der Waals surface area contributed by atoms with Crippen molar-refractivity contribution in [3.05, 3.63) is 36.9 Å². The fourth-order valence-corrected chi connectivity index (χ4v) is 3.42. The highest BCUT2D eigenvalue weighted by Gasteiger charge is 2.24. The maximum absolute atomic E-state index is 12.4. The zero-order chi connectivity index (χ0) is 14.7. The molecule has 9 heteroatoms. The van der Waals surface area contributed by atoms with Crippen molar-refractivity contribution in [2.45, 2.75) is 0 Å². The molecule has 0 amide bonds. The number of hydrogen-bond acceptors (Lipinski definition) is 5. The molecule has 1 aliphatic rings. The lowest BCUT2D eigenvalue weighted by Gasteiger charge is -2.27. The molecule has 1 aromatic carbocycles. The normalized spacial score (nSPS) is 16.8. The summed E-state index contributed by atoms with van der Waals surface area (Å²) in [4.78, 5) is 3.88. The standard InChI is InChI=1S/C12H16N6O2S/c19-21(20,17-7-5-13-6-8-17)16-11-3-1-2-4-12(11)18-10-14-9-15-18/h1-4,9-10,13,16H,5-8H2. The van der Waals surface area contributed by atoms with E-state index in [4.69, 9.17) is 0 Å². The molecule has 2 N–H and O–H groups in total. The molecule has 1 fully saturated rings. The van der Waals surface area contributed by atoms with Crippen molar-refractivity contribution in [1.29, 1.82) is 0 Å². The molecular weight excluding hydrogens is 292 g/mol. The third-order valence-corrected chi connectivity index (χ3v) is 4.75. The number of nitrogens with one attached hydrogen (secondary N) is 2. The van der Waals surface area contributed by atoms with E-state index in [0.717, 1.165) is 0 Å². The average Bonchev–Trinajstić information content (AvgIpc) is 3.02. The van der Waals surface area contributed by atoms with E-state index in [2.05, 4.69) is 20.1 Å². The van der Waals surface area contributed by atoms with E-state index in [0.29, 0.717) is 37.6 Å². The molecule has 2 heterocycles. The van der Waals surface area contributed by atoms with Crippen molar-refractivity contribution in [3.8, 4) is 5.69 Å². The maximum atomic E-state index is 12.4. The minimum absolute atomic E-state index is 0.459. The fraction of sp³-hybridized carbons (Fsp3) is 0.333. The van der Waals surface area contributed by atoms with Crippen molar-refractivity contribution >= 4 is 15.9 Å². The maximum Gasteiger partial charge on any atom is 0.301 e. The van der Waals surface area contributed by atoms with Crippen molar-refractivity contribution < 1.29 is 8.42 Å². The zero-order valence-corrected chi connectivity index (χ0v) is 12.1. The highest BCUT2D eigenvalue weighted by molar-refractivity contribution is 7.90. The molecule has 1 aromatic heterocycles. The Kier molecular flexibility index (Phi) is 3.86. The van der Waals surface area contributed by atoms with Crippen molar-refractivity contribution in [1.82, 2.24) is 24.4 Å². The van der Waals surface area contributed by atoms with E-state index in [9.17, 15) is 8.42 Å². The summed E-state index contributed by atoms with van der Waals surface area (Å²) in [6.45, 7) is 2.24. The second kappa shape index (κ2) is 5.80. The molecule has 0 atom stereocenters. The first-order valence-electron chi connectivity index (χ1n) is 6.59. The third-order valence-electron chi connectivity index (χ3n) is 3.22. The van der Waals surface area contributed by atoms with Gasteiger partial charge in [0.15, 0.2) is 0 Å². The van der Waals surface area contributed by atoms with Gasteiger partial charge in [-0.25, -0.2) is 9.67 Å². The smallest absolute Gasteiger partial charge is 0.301 e. The van der Waals surface area contributed by atoms with Gasteiger partial charge >= 0.3 is 10.2 Å². The molecule has 0 unspecified atom stereocenters. The van der Waals surface area contributed by atoms with Crippen LogP contribution in [0.2, 0.25) is 0 Å². The van der Waals surface area contributed by atoms with Crippen LogP contribution in [0.15, 0.2) is 36.9 Å². The van der Waals surface area contributed by atoms with E-state index >= 15 is 0 Å². The lowest BCUT2D eigenvalue weighted by Crippen LogP contribution is -2.48. The first kappa shape index (κ1) is 14.0. The fourth-order valence-electron chi connectivity index (χ4n) is 2.18. The number of benzene rings is 1. The van der Waals surface area contributed by atoms with Gasteiger partial charge < -0.3 is 5.32 Å². The van der Waals surface area contributed by atoms with E-state index < -0.39 is 10.2 Å². The molecule has 1 saturated heterocycles. The number of piperazine rings is 1. The Morgan fingerprint density at radius 1 is 1.19 bits per heavy atom. The summed E-state index contributed by atoms with van der Waals surface area (Å²) >= 11 is 0. The van der Waals surface area contributed by atoms with Crippen LogP contribution >= 0.6 is 0 Å². The van der Waals surface area contributed by atoms with Crippen LogP contribution in [0.3, 0.4) is 0 Å². The summed E-state index contributed by atoms with van der Waals surface area (Å²) in [5.41, 5.74) is 1.11. The highest BCUT2D eigenvalue weighted by Crippen LogP contribution is 2.21. The van der Waals surface area contributed by atoms with Gasteiger partial charge in [-0.1, -0.05) is 12.1 Å². The molecule has 8 nitrogen and oxygen atoms in total. The number of rotatable bonds is 4. The van der Waals surface area contributed by atoms with Crippen LogP contribution in [0.5, 0.6) is 0 Å². The monoisotopic (exact) mass is 308 g/mol. The molecule has 0 saturated carbocycles. The van der Waals surface area contributed by atoms with E-state index in [1.165, 1.54) is 21.6 Å². The number of anilines is 1. The van der Waals surface area contributed by atoms with Gasteiger partial charge in [0.2, 0.25) is 0 Å². The van der Waals surface area contributed by atoms with Crippen LogP contribution in [0.1, 0.15) is 0 Å². The SMILES string of the molecule is O=S(=O)(Nc1ccccc1-n1cncn1)N1CCNCC1. The van der Waals surface area contributed by atoms with Gasteiger partial charge in [0.05, 0.1) is 11.4 Å². The van der Waals surface area contributed by atoms with Gasteiger partial charge in [-0.3, -0.25) is 4.72 Å². The summed E-state index contributed by atoms with van der Waals surface area (Å²) in [6.07, 6.45) is 2.93. The molecule has 0 spiro atoms. The van der Waals surface area contributed by atoms with Gasteiger partial charge in [0.1, 0.15) is 12.7 Å². The van der Waals surface area contributed by atoms with Crippen LogP contribution in [0, 0.1) is 0 Å². The predicted molar refractivity (Wildman–Crippen MR) is 78.3 cm³/mol. The van der Waals surface area contributed by atoms with Crippen molar-refractivity contribution in [3.63, 3.8) is 0 Å². The van der Waals surface area contributed by atoms with E-state index in [1.807, 2.05) is 6.07 Å². The van der Waals surface area contributed by atoms with Crippen molar-refractivity contribution in [2.75, 3.05) is 30.9 Å². The Balaban J connectivity index is 1.88. The molecule has 0 bridgehead atoms.